The number of anilines is 1. The van der Waals surface area contributed by atoms with Gasteiger partial charge in [0.15, 0.2) is 0 Å². The Bertz CT molecular complexity index is 1380. The number of rotatable bonds is 6. The molecule has 0 saturated heterocycles. The largest absolute Gasteiger partial charge is 0.487 e. The Morgan fingerprint density at radius 1 is 1.14 bits per heavy atom. The molecule has 0 radical (unpaired) electrons. The number of amides is 1. The number of hydrogen-bond acceptors (Lipinski definition) is 5. The first-order valence-corrected chi connectivity index (χ1v) is 10.8. The van der Waals surface area contributed by atoms with Crippen molar-refractivity contribution < 1.29 is 27.1 Å². The van der Waals surface area contributed by atoms with Gasteiger partial charge >= 0.3 is 5.57 Å². The van der Waals surface area contributed by atoms with Gasteiger partial charge in [-0.3, -0.25) is 4.79 Å². The van der Waals surface area contributed by atoms with Crippen molar-refractivity contribution in [3.8, 4) is 16.9 Å². The molecular formula is C23H16ClF4N5O2. The summed E-state index contributed by atoms with van der Waals surface area (Å²) in [6.45, 7) is 0. The standard InChI is InChI=1S/C23H16ClF4N5O2/c24-23(27,28)35-17-3-1-15(2-4-17)32-21(34)13-5-18(14-9-29-11-30-10-14)20-19(6-13)31-12-33(20)16-7-22(25,26)8-16/h1-6,9-12,16H,7-8H2,(H,32,34). The number of carbonyl (C=O) groups excluding carboxylic acids is 1. The van der Waals surface area contributed by atoms with Crippen LogP contribution < -0.4 is 10.1 Å². The van der Waals surface area contributed by atoms with E-state index >= 15 is 0 Å². The molecule has 0 spiro atoms. The third-order valence-corrected chi connectivity index (χ3v) is 5.69. The number of carbonyl (C=O) groups is 1. The lowest BCUT2D eigenvalue weighted by atomic mass is 9.87. The molecular weight excluding hydrogens is 490 g/mol. The molecule has 2 heterocycles. The van der Waals surface area contributed by atoms with Crippen LogP contribution in [0.15, 0.2) is 61.4 Å². The van der Waals surface area contributed by atoms with E-state index in [9.17, 15) is 22.4 Å². The van der Waals surface area contributed by atoms with Crippen molar-refractivity contribution in [2.45, 2.75) is 30.4 Å². The van der Waals surface area contributed by atoms with Crippen molar-refractivity contribution in [1.82, 2.24) is 19.5 Å². The molecule has 2 aromatic carbocycles. The van der Waals surface area contributed by atoms with Crippen molar-refractivity contribution >= 4 is 34.2 Å². The number of hydrogen-bond donors (Lipinski definition) is 1. The lowest BCUT2D eigenvalue weighted by Gasteiger charge is -2.36. The molecule has 0 bridgehead atoms. The predicted molar refractivity (Wildman–Crippen MR) is 120 cm³/mol. The molecule has 1 amide bonds. The van der Waals surface area contributed by atoms with E-state index in [1.54, 1.807) is 29.1 Å². The van der Waals surface area contributed by atoms with Crippen molar-refractivity contribution in [1.29, 1.82) is 0 Å². The van der Waals surface area contributed by atoms with Crippen molar-refractivity contribution in [2.75, 3.05) is 5.32 Å². The molecule has 1 saturated carbocycles. The molecule has 180 valence electrons. The van der Waals surface area contributed by atoms with Gasteiger partial charge in [-0.15, -0.1) is 8.78 Å². The molecule has 0 aliphatic heterocycles. The van der Waals surface area contributed by atoms with Gasteiger partial charge in [-0.05, 0) is 36.4 Å². The SMILES string of the molecule is O=C(Nc1ccc(OC(F)(F)Cl)cc1)c1cc(-c2cncnc2)c2c(c1)ncn2C1CC(F)(F)C1. The number of halogens is 5. The van der Waals surface area contributed by atoms with Crippen LogP contribution in [0.5, 0.6) is 5.75 Å². The summed E-state index contributed by atoms with van der Waals surface area (Å²) in [6, 6.07) is 7.97. The Morgan fingerprint density at radius 2 is 1.83 bits per heavy atom. The molecule has 5 rings (SSSR count). The summed E-state index contributed by atoms with van der Waals surface area (Å²) in [6.07, 6.45) is 5.38. The van der Waals surface area contributed by atoms with Crippen LogP contribution >= 0.6 is 11.6 Å². The van der Waals surface area contributed by atoms with Gasteiger partial charge in [-0.1, -0.05) is 0 Å². The maximum Gasteiger partial charge on any atom is 0.487 e. The second kappa shape index (κ2) is 8.49. The highest BCUT2D eigenvalue weighted by atomic mass is 35.5. The van der Waals surface area contributed by atoms with Crippen LogP contribution in [0.25, 0.3) is 22.2 Å². The van der Waals surface area contributed by atoms with Crippen LogP contribution in [0.2, 0.25) is 0 Å². The lowest BCUT2D eigenvalue weighted by Crippen LogP contribution is -2.36. The van der Waals surface area contributed by atoms with Crippen LogP contribution in [0.3, 0.4) is 0 Å². The van der Waals surface area contributed by atoms with E-state index in [0.29, 0.717) is 27.8 Å². The molecule has 0 unspecified atom stereocenters. The minimum absolute atomic E-state index is 0.178. The van der Waals surface area contributed by atoms with E-state index in [0.717, 1.165) is 0 Å². The minimum Gasteiger partial charge on any atom is -0.420 e. The summed E-state index contributed by atoms with van der Waals surface area (Å²) in [7, 11) is 0. The number of benzene rings is 2. The number of nitrogens with one attached hydrogen (secondary N) is 1. The smallest absolute Gasteiger partial charge is 0.420 e. The van der Waals surface area contributed by atoms with Gasteiger partial charge in [0.2, 0.25) is 0 Å². The summed E-state index contributed by atoms with van der Waals surface area (Å²) in [5.41, 5.74) is -1.09. The molecule has 1 aliphatic carbocycles. The topological polar surface area (TPSA) is 81.9 Å². The zero-order chi connectivity index (χ0) is 24.8. The summed E-state index contributed by atoms with van der Waals surface area (Å²) < 4.78 is 58.6. The number of ether oxygens (including phenoxy) is 1. The quantitative estimate of drug-likeness (QED) is 0.261. The molecule has 4 aromatic rings. The van der Waals surface area contributed by atoms with E-state index in [4.69, 9.17) is 11.6 Å². The van der Waals surface area contributed by atoms with E-state index < -0.39 is 23.4 Å². The molecule has 1 fully saturated rings. The van der Waals surface area contributed by atoms with Gasteiger partial charge in [0, 0.05) is 65.3 Å². The third kappa shape index (κ3) is 4.90. The number of alkyl halides is 5. The van der Waals surface area contributed by atoms with E-state index in [1.165, 1.54) is 36.9 Å². The molecule has 1 N–H and O–H groups in total. The molecule has 12 heteroatoms. The van der Waals surface area contributed by atoms with Crippen LogP contribution in [0.1, 0.15) is 29.2 Å². The van der Waals surface area contributed by atoms with Crippen LogP contribution in [-0.2, 0) is 0 Å². The first-order valence-electron chi connectivity index (χ1n) is 10.4. The minimum atomic E-state index is -3.85. The second-order valence-corrected chi connectivity index (χ2v) is 8.55. The molecule has 35 heavy (non-hydrogen) atoms. The highest BCUT2D eigenvalue weighted by Crippen LogP contribution is 2.47. The fourth-order valence-corrected chi connectivity index (χ4v) is 4.10. The second-order valence-electron chi connectivity index (χ2n) is 8.11. The third-order valence-electron chi connectivity index (χ3n) is 5.61. The Hall–Kier alpha value is -3.73. The van der Waals surface area contributed by atoms with Gasteiger partial charge in [-0.25, -0.2) is 23.7 Å². The summed E-state index contributed by atoms with van der Waals surface area (Å²) in [4.78, 5) is 25.4. The first-order chi connectivity index (χ1) is 16.6. The van der Waals surface area contributed by atoms with Gasteiger partial charge < -0.3 is 14.6 Å². The Morgan fingerprint density at radius 3 is 2.46 bits per heavy atom. The molecule has 7 nitrogen and oxygen atoms in total. The average Bonchev–Trinajstić information content (AvgIpc) is 3.21. The number of imidazole rings is 1. The van der Waals surface area contributed by atoms with Crippen molar-refractivity contribution in [2.24, 2.45) is 0 Å². The fourth-order valence-electron chi connectivity index (χ4n) is 4.01. The maximum absolute atomic E-state index is 13.5. The van der Waals surface area contributed by atoms with Gasteiger partial charge in [0.25, 0.3) is 11.8 Å². The monoisotopic (exact) mass is 505 g/mol. The number of nitrogens with zero attached hydrogens (tertiary/aromatic N) is 4. The van der Waals surface area contributed by atoms with Crippen molar-refractivity contribution in [3.05, 3.63) is 67.0 Å². The van der Waals surface area contributed by atoms with E-state index in [1.807, 2.05) is 0 Å². The zero-order valence-electron chi connectivity index (χ0n) is 17.8. The average molecular weight is 506 g/mol. The van der Waals surface area contributed by atoms with E-state index in [-0.39, 0.29) is 24.2 Å². The van der Waals surface area contributed by atoms with Crippen LogP contribution in [0, 0.1) is 0 Å². The summed E-state index contributed by atoms with van der Waals surface area (Å²) in [5.74, 6) is -3.38. The van der Waals surface area contributed by atoms with Crippen LogP contribution in [-0.4, -0.2) is 36.9 Å². The zero-order valence-corrected chi connectivity index (χ0v) is 18.5. The molecule has 2 aromatic heterocycles. The number of fused-ring (bicyclic) bond motifs is 1. The van der Waals surface area contributed by atoms with Crippen molar-refractivity contribution in [3.63, 3.8) is 0 Å². The maximum atomic E-state index is 13.5. The highest BCUT2D eigenvalue weighted by molar-refractivity contribution is 6.20. The first kappa shape index (κ1) is 23.0. The Labute approximate surface area is 200 Å². The Kier molecular flexibility index (Phi) is 5.59. The number of aromatic nitrogens is 4. The Balaban J connectivity index is 1.47. The normalized spacial score (nSPS) is 15.6. The molecule has 1 aliphatic rings. The predicted octanol–water partition coefficient (Wildman–Crippen LogP) is 5.88. The highest BCUT2D eigenvalue weighted by Gasteiger charge is 2.46. The summed E-state index contributed by atoms with van der Waals surface area (Å²) >= 11 is 4.75. The van der Waals surface area contributed by atoms with Gasteiger partial charge in [-0.2, -0.15) is 0 Å². The van der Waals surface area contributed by atoms with E-state index in [2.05, 4.69) is 25.0 Å². The fraction of sp³-hybridized carbons (Fsp3) is 0.217. The van der Waals surface area contributed by atoms with Gasteiger partial charge in [0.1, 0.15) is 12.1 Å². The lowest BCUT2D eigenvalue weighted by molar-refractivity contribution is -0.103. The van der Waals surface area contributed by atoms with Crippen LogP contribution in [0.4, 0.5) is 23.2 Å². The summed E-state index contributed by atoms with van der Waals surface area (Å²) in [5, 5.41) is 2.67. The molecule has 0 atom stereocenters. The van der Waals surface area contributed by atoms with Gasteiger partial charge in [0.05, 0.1) is 17.4 Å².